The summed E-state index contributed by atoms with van der Waals surface area (Å²) in [4.78, 5) is 13.1. The average Bonchev–Trinajstić information content (AvgIpc) is 2.63. The highest BCUT2D eigenvalue weighted by molar-refractivity contribution is 7.92. The Balaban J connectivity index is 2.38. The Hall–Kier alpha value is -2.54. The van der Waals surface area contributed by atoms with Gasteiger partial charge >= 0.3 is 0 Å². The SMILES string of the molecule is CC[C@H](C(=O)N[C@@H](C)c1ccccc1OC)N(c1cc(C)cc(C)c1)S(C)(=O)=O. The number of sulfonamides is 1. The third kappa shape index (κ3) is 5.50. The van der Waals surface area contributed by atoms with E-state index in [0.717, 1.165) is 22.9 Å². The minimum Gasteiger partial charge on any atom is -0.496 e. The smallest absolute Gasteiger partial charge is 0.244 e. The molecule has 0 spiro atoms. The second-order valence-electron chi connectivity index (χ2n) is 7.30. The Morgan fingerprint density at radius 3 is 2.24 bits per heavy atom. The molecule has 0 bridgehead atoms. The van der Waals surface area contributed by atoms with E-state index in [1.54, 1.807) is 26.2 Å². The van der Waals surface area contributed by atoms with Crippen LogP contribution in [-0.2, 0) is 14.8 Å². The normalized spacial score (nSPS) is 13.4. The van der Waals surface area contributed by atoms with Gasteiger partial charge in [0.1, 0.15) is 11.8 Å². The number of nitrogens with zero attached hydrogens (tertiary/aromatic N) is 1. The lowest BCUT2D eigenvalue weighted by Crippen LogP contribution is -2.49. The maximum absolute atomic E-state index is 13.1. The Kier molecular flexibility index (Phi) is 7.30. The Labute approximate surface area is 173 Å². The second kappa shape index (κ2) is 9.31. The maximum atomic E-state index is 13.1. The van der Waals surface area contributed by atoms with Gasteiger partial charge in [0.25, 0.3) is 0 Å². The zero-order valence-corrected chi connectivity index (χ0v) is 18.7. The van der Waals surface area contributed by atoms with Crippen molar-refractivity contribution >= 4 is 21.6 Å². The molecule has 1 amide bonds. The molecule has 0 fully saturated rings. The van der Waals surface area contributed by atoms with Crippen molar-refractivity contribution in [2.24, 2.45) is 0 Å². The van der Waals surface area contributed by atoms with Crippen LogP contribution in [0, 0.1) is 13.8 Å². The fourth-order valence-electron chi connectivity index (χ4n) is 3.55. The number of aryl methyl sites for hydroxylation is 2. The molecular weight excluding hydrogens is 388 g/mol. The van der Waals surface area contributed by atoms with E-state index in [1.807, 2.05) is 51.1 Å². The number of anilines is 1. The molecule has 2 aromatic carbocycles. The molecule has 2 rings (SSSR count). The average molecular weight is 419 g/mol. The predicted octanol–water partition coefficient (Wildman–Crippen LogP) is 3.73. The molecule has 6 nitrogen and oxygen atoms in total. The van der Waals surface area contributed by atoms with Crippen LogP contribution in [-0.4, -0.2) is 33.7 Å². The lowest BCUT2D eigenvalue weighted by molar-refractivity contribution is -0.122. The van der Waals surface area contributed by atoms with Gasteiger partial charge in [0.15, 0.2) is 0 Å². The standard InChI is InChI=1S/C22H30N2O4S/c1-7-20(22(25)23-17(4)19-10-8-9-11-21(19)28-5)24(29(6,26)27)18-13-15(2)12-16(3)14-18/h8-14,17,20H,7H2,1-6H3,(H,23,25)/t17-,20+/m0/s1. The quantitative estimate of drug-likeness (QED) is 0.709. The number of hydrogen-bond donors (Lipinski definition) is 1. The Bertz CT molecular complexity index is 952. The summed E-state index contributed by atoms with van der Waals surface area (Å²) in [5.74, 6) is 0.318. The molecule has 1 N–H and O–H groups in total. The fraction of sp³-hybridized carbons (Fsp3) is 0.409. The molecule has 29 heavy (non-hydrogen) atoms. The van der Waals surface area contributed by atoms with Crippen molar-refractivity contribution in [2.75, 3.05) is 17.7 Å². The highest BCUT2D eigenvalue weighted by Gasteiger charge is 2.32. The van der Waals surface area contributed by atoms with E-state index in [0.29, 0.717) is 17.9 Å². The number of ether oxygens (including phenoxy) is 1. The summed E-state index contributed by atoms with van der Waals surface area (Å²) < 4.78 is 31.9. The van der Waals surface area contributed by atoms with Gasteiger partial charge in [-0.05, 0) is 56.5 Å². The van der Waals surface area contributed by atoms with Crippen molar-refractivity contribution in [2.45, 2.75) is 46.2 Å². The largest absolute Gasteiger partial charge is 0.496 e. The van der Waals surface area contributed by atoms with Gasteiger partial charge in [-0.2, -0.15) is 0 Å². The zero-order chi connectivity index (χ0) is 21.8. The third-order valence-corrected chi connectivity index (χ3v) is 5.93. The maximum Gasteiger partial charge on any atom is 0.244 e. The molecule has 0 saturated heterocycles. The van der Waals surface area contributed by atoms with Gasteiger partial charge in [-0.15, -0.1) is 0 Å². The molecule has 0 heterocycles. The zero-order valence-electron chi connectivity index (χ0n) is 17.9. The lowest BCUT2D eigenvalue weighted by Gasteiger charge is -2.31. The van der Waals surface area contributed by atoms with Crippen LogP contribution >= 0.6 is 0 Å². The summed E-state index contributed by atoms with van der Waals surface area (Å²) >= 11 is 0. The molecule has 0 saturated carbocycles. The summed E-state index contributed by atoms with van der Waals surface area (Å²) in [6.07, 6.45) is 1.47. The molecule has 2 atom stereocenters. The summed E-state index contributed by atoms with van der Waals surface area (Å²) in [6, 6.07) is 11.8. The highest BCUT2D eigenvalue weighted by Crippen LogP contribution is 2.27. The van der Waals surface area contributed by atoms with E-state index in [4.69, 9.17) is 4.74 Å². The number of methoxy groups -OCH3 is 1. The van der Waals surface area contributed by atoms with Gasteiger partial charge in [-0.25, -0.2) is 8.42 Å². The third-order valence-electron chi connectivity index (χ3n) is 4.75. The second-order valence-corrected chi connectivity index (χ2v) is 9.16. The highest BCUT2D eigenvalue weighted by atomic mass is 32.2. The van der Waals surface area contributed by atoms with Crippen LogP contribution in [0.5, 0.6) is 5.75 Å². The van der Waals surface area contributed by atoms with E-state index >= 15 is 0 Å². The predicted molar refractivity (Wildman–Crippen MR) is 117 cm³/mol. The van der Waals surface area contributed by atoms with E-state index in [1.165, 1.54) is 4.31 Å². The van der Waals surface area contributed by atoms with Gasteiger partial charge in [-0.3, -0.25) is 9.10 Å². The minimum absolute atomic E-state index is 0.338. The number of carbonyl (C=O) groups is 1. The van der Waals surface area contributed by atoms with E-state index < -0.39 is 16.1 Å². The molecule has 0 aromatic heterocycles. The van der Waals surface area contributed by atoms with Crippen LogP contribution in [0.4, 0.5) is 5.69 Å². The van der Waals surface area contributed by atoms with Gasteiger partial charge < -0.3 is 10.1 Å². The monoisotopic (exact) mass is 418 g/mol. The fourth-order valence-corrected chi connectivity index (χ4v) is 4.75. The van der Waals surface area contributed by atoms with Crippen LogP contribution in [0.2, 0.25) is 0 Å². The van der Waals surface area contributed by atoms with Gasteiger partial charge in [0, 0.05) is 5.56 Å². The lowest BCUT2D eigenvalue weighted by atomic mass is 10.1. The first-order chi connectivity index (χ1) is 13.6. The van der Waals surface area contributed by atoms with E-state index in [-0.39, 0.29) is 11.9 Å². The molecule has 0 aliphatic heterocycles. The topological polar surface area (TPSA) is 75.7 Å². The van der Waals surface area contributed by atoms with Crippen molar-refractivity contribution < 1.29 is 17.9 Å². The van der Waals surface area contributed by atoms with Crippen molar-refractivity contribution in [3.8, 4) is 5.75 Å². The molecule has 7 heteroatoms. The summed E-state index contributed by atoms with van der Waals surface area (Å²) in [5.41, 5.74) is 3.20. The number of hydrogen-bond acceptors (Lipinski definition) is 4. The summed E-state index contributed by atoms with van der Waals surface area (Å²) in [5, 5.41) is 2.95. The van der Waals surface area contributed by atoms with Gasteiger partial charge in [0.05, 0.1) is 25.1 Å². The molecular formula is C22H30N2O4S. The number of rotatable bonds is 8. The molecule has 0 aliphatic rings. The van der Waals surface area contributed by atoms with Crippen LogP contribution in [0.1, 0.15) is 43.0 Å². The molecule has 2 aromatic rings. The Morgan fingerprint density at radius 2 is 1.72 bits per heavy atom. The van der Waals surface area contributed by atoms with Crippen molar-refractivity contribution in [3.63, 3.8) is 0 Å². The number of benzene rings is 2. The molecule has 0 aliphatic carbocycles. The molecule has 0 radical (unpaired) electrons. The van der Waals surface area contributed by atoms with Gasteiger partial charge in [-0.1, -0.05) is 31.2 Å². The van der Waals surface area contributed by atoms with Crippen LogP contribution < -0.4 is 14.4 Å². The van der Waals surface area contributed by atoms with Crippen LogP contribution in [0.25, 0.3) is 0 Å². The number of nitrogens with one attached hydrogen (secondary N) is 1. The van der Waals surface area contributed by atoms with Crippen LogP contribution in [0.3, 0.4) is 0 Å². The molecule has 0 unspecified atom stereocenters. The van der Waals surface area contributed by atoms with E-state index in [9.17, 15) is 13.2 Å². The Morgan fingerprint density at radius 1 is 1.14 bits per heavy atom. The summed E-state index contributed by atoms with van der Waals surface area (Å²) in [6.45, 7) is 7.46. The van der Waals surface area contributed by atoms with Crippen molar-refractivity contribution in [1.82, 2.24) is 5.32 Å². The first-order valence-electron chi connectivity index (χ1n) is 9.59. The van der Waals surface area contributed by atoms with Crippen molar-refractivity contribution in [1.29, 1.82) is 0 Å². The summed E-state index contributed by atoms with van der Waals surface area (Å²) in [7, 11) is -2.10. The molecule has 158 valence electrons. The first-order valence-corrected chi connectivity index (χ1v) is 11.4. The van der Waals surface area contributed by atoms with Crippen molar-refractivity contribution in [3.05, 3.63) is 59.2 Å². The van der Waals surface area contributed by atoms with Crippen LogP contribution in [0.15, 0.2) is 42.5 Å². The number of carbonyl (C=O) groups excluding carboxylic acids is 1. The number of amides is 1. The van der Waals surface area contributed by atoms with E-state index in [2.05, 4.69) is 5.32 Å². The number of para-hydroxylation sites is 1. The van der Waals surface area contributed by atoms with Gasteiger partial charge in [0.2, 0.25) is 15.9 Å². The first kappa shape index (κ1) is 22.7. The minimum atomic E-state index is -3.67.